The lowest BCUT2D eigenvalue weighted by Crippen LogP contribution is -2.33. The molecule has 0 aliphatic heterocycles. The van der Waals surface area contributed by atoms with Gasteiger partial charge in [0.15, 0.2) is 0 Å². The van der Waals surface area contributed by atoms with Crippen molar-refractivity contribution in [1.82, 2.24) is 4.98 Å². The standard InChI is InChI=1S/C25H19N3O4/c29-27-22(15-16-26-25(27)21-7-4-8-23(17-21)28(30)31)12-9-19-10-13-24(14-11-19)32-18-20-5-2-1-3-6-20/h1-17H,18H2/b12-9+. The quantitative estimate of drug-likeness (QED) is 0.179. The van der Waals surface area contributed by atoms with Crippen molar-refractivity contribution in [2.75, 3.05) is 0 Å². The van der Waals surface area contributed by atoms with Crippen LogP contribution in [0.4, 0.5) is 5.69 Å². The summed E-state index contributed by atoms with van der Waals surface area (Å²) in [5, 5.41) is 23.8. The molecule has 3 aromatic carbocycles. The molecule has 0 aliphatic carbocycles. The molecule has 7 nitrogen and oxygen atoms in total. The van der Waals surface area contributed by atoms with E-state index >= 15 is 0 Å². The number of nitro benzene ring substituents is 1. The highest BCUT2D eigenvalue weighted by molar-refractivity contribution is 5.67. The largest absolute Gasteiger partial charge is 0.710 e. The lowest BCUT2D eigenvalue weighted by atomic mass is 10.1. The molecule has 1 heterocycles. The third-order valence-electron chi connectivity index (χ3n) is 4.76. The molecule has 4 rings (SSSR count). The molecule has 32 heavy (non-hydrogen) atoms. The number of ether oxygens (including phenoxy) is 1. The summed E-state index contributed by atoms with van der Waals surface area (Å²) in [5.74, 6) is 0.849. The SMILES string of the molecule is O=[N+]([O-])c1cccc(-c2nccc(/C=C/c3ccc(OCc4ccccc4)cc3)[n+]2[O-])c1. The van der Waals surface area contributed by atoms with Gasteiger partial charge in [-0.15, -0.1) is 0 Å². The van der Waals surface area contributed by atoms with Gasteiger partial charge >= 0.3 is 5.82 Å². The molecule has 0 fully saturated rings. The molecule has 0 saturated heterocycles. The molecule has 7 heteroatoms. The van der Waals surface area contributed by atoms with Gasteiger partial charge < -0.3 is 9.94 Å². The number of benzene rings is 3. The minimum atomic E-state index is -0.504. The molecule has 0 N–H and O–H groups in total. The van der Waals surface area contributed by atoms with Gasteiger partial charge in [-0.3, -0.25) is 10.1 Å². The number of nitrogens with zero attached hydrogens (tertiary/aromatic N) is 3. The molecule has 4 aromatic rings. The van der Waals surface area contributed by atoms with Gasteiger partial charge in [-0.2, -0.15) is 0 Å². The first-order valence-electron chi connectivity index (χ1n) is 9.88. The van der Waals surface area contributed by atoms with E-state index in [0.717, 1.165) is 16.9 Å². The molecule has 0 spiro atoms. The minimum Gasteiger partial charge on any atom is -0.710 e. The fraction of sp³-hybridized carbons (Fsp3) is 0.0400. The van der Waals surface area contributed by atoms with Crippen molar-refractivity contribution in [2.45, 2.75) is 6.61 Å². The minimum absolute atomic E-state index is 0.0974. The van der Waals surface area contributed by atoms with Crippen molar-refractivity contribution in [3.63, 3.8) is 0 Å². The van der Waals surface area contributed by atoms with E-state index < -0.39 is 4.92 Å². The van der Waals surface area contributed by atoms with Crippen LogP contribution >= 0.6 is 0 Å². The Morgan fingerprint density at radius 1 is 0.938 bits per heavy atom. The van der Waals surface area contributed by atoms with Crippen LogP contribution in [0.1, 0.15) is 16.8 Å². The third-order valence-corrected chi connectivity index (χ3v) is 4.76. The van der Waals surface area contributed by atoms with Crippen molar-refractivity contribution < 1.29 is 14.4 Å². The molecule has 0 amide bonds. The van der Waals surface area contributed by atoms with Crippen LogP contribution in [0.2, 0.25) is 0 Å². The van der Waals surface area contributed by atoms with Gasteiger partial charge in [-0.1, -0.05) is 54.6 Å². The monoisotopic (exact) mass is 425 g/mol. The van der Waals surface area contributed by atoms with Gasteiger partial charge in [0.1, 0.15) is 24.2 Å². The average Bonchev–Trinajstić information content (AvgIpc) is 2.83. The van der Waals surface area contributed by atoms with Crippen LogP contribution in [0.15, 0.2) is 91.1 Å². The summed E-state index contributed by atoms with van der Waals surface area (Å²) in [6.07, 6.45) is 4.99. The highest BCUT2D eigenvalue weighted by Crippen LogP contribution is 2.20. The molecule has 158 valence electrons. The summed E-state index contributed by atoms with van der Waals surface area (Å²) in [6.45, 7) is 0.490. The summed E-state index contributed by atoms with van der Waals surface area (Å²) >= 11 is 0. The van der Waals surface area contributed by atoms with Crippen LogP contribution < -0.4 is 9.47 Å². The van der Waals surface area contributed by atoms with Crippen LogP contribution in [0.25, 0.3) is 23.5 Å². The molecule has 0 bridgehead atoms. The Balaban J connectivity index is 1.48. The van der Waals surface area contributed by atoms with Crippen molar-refractivity contribution >= 4 is 17.8 Å². The molecule has 0 atom stereocenters. The number of hydrogen-bond donors (Lipinski definition) is 0. The molecule has 0 aliphatic rings. The summed E-state index contributed by atoms with van der Waals surface area (Å²) in [5.41, 5.74) is 2.63. The summed E-state index contributed by atoms with van der Waals surface area (Å²) in [4.78, 5) is 14.6. The van der Waals surface area contributed by atoms with E-state index in [1.54, 1.807) is 18.2 Å². The first-order chi connectivity index (χ1) is 15.6. The number of hydrogen-bond acceptors (Lipinski definition) is 5. The van der Waals surface area contributed by atoms with Crippen LogP contribution in [0.3, 0.4) is 0 Å². The van der Waals surface area contributed by atoms with E-state index in [9.17, 15) is 15.3 Å². The topological polar surface area (TPSA) is 92.2 Å². The molecule has 0 saturated carbocycles. The van der Waals surface area contributed by atoms with Crippen molar-refractivity contribution in [1.29, 1.82) is 0 Å². The van der Waals surface area contributed by atoms with Crippen LogP contribution in [-0.4, -0.2) is 9.91 Å². The fourth-order valence-electron chi connectivity index (χ4n) is 3.10. The smallest absolute Gasteiger partial charge is 0.333 e. The van der Waals surface area contributed by atoms with Crippen LogP contribution in [0, 0.1) is 15.3 Å². The Labute approximate surface area is 184 Å². The zero-order valence-electron chi connectivity index (χ0n) is 17.0. The van der Waals surface area contributed by atoms with Gasteiger partial charge in [0.05, 0.1) is 10.5 Å². The van der Waals surface area contributed by atoms with Crippen LogP contribution in [0.5, 0.6) is 5.75 Å². The number of nitro groups is 1. The maximum atomic E-state index is 12.8. The van der Waals surface area contributed by atoms with E-state index in [0.29, 0.717) is 22.6 Å². The Bertz CT molecular complexity index is 1260. The maximum Gasteiger partial charge on any atom is 0.333 e. The summed E-state index contributed by atoms with van der Waals surface area (Å²) in [6, 6.07) is 24.9. The number of rotatable bonds is 7. The van der Waals surface area contributed by atoms with Gasteiger partial charge in [-0.05, 0) is 40.4 Å². The first kappa shape index (κ1) is 20.7. The number of non-ortho nitro benzene ring substituents is 1. The maximum absolute atomic E-state index is 12.8. The lowest BCUT2D eigenvalue weighted by molar-refractivity contribution is -0.598. The predicted octanol–water partition coefficient (Wildman–Crippen LogP) is 5.04. The molecular formula is C25H19N3O4. The zero-order valence-corrected chi connectivity index (χ0v) is 17.0. The van der Waals surface area contributed by atoms with E-state index in [-0.39, 0.29) is 11.5 Å². The number of aromatic nitrogens is 2. The average molecular weight is 425 g/mol. The van der Waals surface area contributed by atoms with Gasteiger partial charge in [0.2, 0.25) is 0 Å². The Hall–Kier alpha value is -4.52. The van der Waals surface area contributed by atoms with Crippen LogP contribution in [-0.2, 0) is 6.61 Å². The van der Waals surface area contributed by atoms with Crippen molar-refractivity contribution in [2.24, 2.45) is 0 Å². The Morgan fingerprint density at radius 3 is 2.47 bits per heavy atom. The fourth-order valence-corrected chi connectivity index (χ4v) is 3.10. The summed E-state index contributed by atoms with van der Waals surface area (Å²) < 4.78 is 6.45. The second kappa shape index (κ2) is 9.53. The van der Waals surface area contributed by atoms with Crippen molar-refractivity contribution in [3.8, 4) is 17.1 Å². The van der Waals surface area contributed by atoms with Gasteiger partial charge in [-0.25, -0.2) is 4.73 Å². The van der Waals surface area contributed by atoms with Gasteiger partial charge in [0, 0.05) is 18.2 Å². The Kier molecular flexibility index (Phi) is 6.17. The highest BCUT2D eigenvalue weighted by Gasteiger charge is 2.16. The Morgan fingerprint density at radius 2 is 1.72 bits per heavy atom. The molecule has 0 unspecified atom stereocenters. The predicted molar refractivity (Wildman–Crippen MR) is 121 cm³/mol. The van der Waals surface area contributed by atoms with E-state index in [2.05, 4.69) is 4.98 Å². The molecular weight excluding hydrogens is 406 g/mol. The molecule has 1 aromatic heterocycles. The second-order valence-electron chi connectivity index (χ2n) is 6.97. The zero-order chi connectivity index (χ0) is 22.3. The van der Waals surface area contributed by atoms with Gasteiger partial charge in [0.25, 0.3) is 5.69 Å². The second-order valence-corrected chi connectivity index (χ2v) is 6.97. The third kappa shape index (κ3) is 4.96. The first-order valence-corrected chi connectivity index (χ1v) is 9.88. The van der Waals surface area contributed by atoms with E-state index in [1.165, 1.54) is 24.4 Å². The lowest BCUT2D eigenvalue weighted by Gasteiger charge is -2.09. The normalized spacial score (nSPS) is 10.9. The van der Waals surface area contributed by atoms with Crippen molar-refractivity contribution in [3.05, 3.63) is 123 Å². The summed E-state index contributed by atoms with van der Waals surface area (Å²) in [7, 11) is 0. The molecule has 0 radical (unpaired) electrons. The van der Waals surface area contributed by atoms with E-state index in [1.807, 2.05) is 60.7 Å². The highest BCUT2D eigenvalue weighted by atomic mass is 16.6. The van der Waals surface area contributed by atoms with E-state index in [4.69, 9.17) is 4.74 Å².